The Balaban J connectivity index is 2.08. The van der Waals surface area contributed by atoms with Gasteiger partial charge in [0, 0.05) is 25.2 Å². The number of sulfonamides is 1. The molecule has 0 spiro atoms. The number of ether oxygens (including phenoxy) is 2. The zero-order valence-electron chi connectivity index (χ0n) is 14.7. The number of rotatable bonds is 6. The van der Waals surface area contributed by atoms with Crippen LogP contribution in [0.1, 0.15) is 19.8 Å². The smallest absolute Gasteiger partial charge is 0.243 e. The Morgan fingerprint density at radius 2 is 1.84 bits per heavy atom. The summed E-state index contributed by atoms with van der Waals surface area (Å²) in [5, 5.41) is 2.84. The van der Waals surface area contributed by atoms with Crippen molar-refractivity contribution in [2.75, 3.05) is 27.3 Å². The van der Waals surface area contributed by atoms with Gasteiger partial charge in [0.05, 0.1) is 25.2 Å². The van der Waals surface area contributed by atoms with Gasteiger partial charge >= 0.3 is 0 Å². The fourth-order valence-electron chi connectivity index (χ4n) is 2.70. The highest BCUT2D eigenvalue weighted by Gasteiger charge is 2.30. The standard InChI is InChI=1S/C16H25N3O5S/c1-11(17)16(20)18-12-6-8-19(9-7-12)25(21,22)13-4-5-14(23-2)15(10-13)24-3/h4-5,10-12H,6-9,17H2,1-3H3,(H,18,20)/t11-/m1/s1. The molecule has 3 N–H and O–H groups in total. The lowest BCUT2D eigenvalue weighted by Gasteiger charge is -2.32. The number of hydrogen-bond donors (Lipinski definition) is 2. The normalized spacial score (nSPS) is 17.8. The fourth-order valence-corrected chi connectivity index (χ4v) is 4.18. The first-order valence-corrected chi connectivity index (χ1v) is 9.51. The number of carbonyl (C=O) groups is 1. The van der Waals surface area contributed by atoms with E-state index in [0.717, 1.165) is 0 Å². The summed E-state index contributed by atoms with van der Waals surface area (Å²) in [5.74, 6) is 0.614. The van der Waals surface area contributed by atoms with Gasteiger partial charge in [0.15, 0.2) is 11.5 Å². The summed E-state index contributed by atoms with van der Waals surface area (Å²) < 4.78 is 37.4. The van der Waals surface area contributed by atoms with Gasteiger partial charge in [-0.15, -0.1) is 0 Å². The lowest BCUT2D eigenvalue weighted by molar-refractivity contribution is -0.122. The molecular weight excluding hydrogens is 346 g/mol. The maximum Gasteiger partial charge on any atom is 0.243 e. The minimum atomic E-state index is -3.63. The lowest BCUT2D eigenvalue weighted by atomic mass is 10.1. The van der Waals surface area contributed by atoms with Crippen molar-refractivity contribution in [2.24, 2.45) is 5.73 Å². The largest absolute Gasteiger partial charge is 0.493 e. The molecule has 0 aromatic heterocycles. The molecule has 9 heteroatoms. The van der Waals surface area contributed by atoms with E-state index >= 15 is 0 Å². The summed E-state index contributed by atoms with van der Waals surface area (Å²) in [7, 11) is -0.675. The Labute approximate surface area is 148 Å². The van der Waals surface area contributed by atoms with Crippen molar-refractivity contribution >= 4 is 15.9 Å². The predicted octanol–water partition coefficient (Wildman–Crippen LogP) is 0.320. The van der Waals surface area contributed by atoms with E-state index < -0.39 is 16.1 Å². The molecule has 0 unspecified atom stereocenters. The Kier molecular flexibility index (Phi) is 6.26. The third kappa shape index (κ3) is 4.42. The van der Waals surface area contributed by atoms with Crippen molar-refractivity contribution in [3.05, 3.63) is 18.2 Å². The van der Waals surface area contributed by atoms with Crippen molar-refractivity contribution in [2.45, 2.75) is 36.7 Å². The third-order valence-electron chi connectivity index (χ3n) is 4.21. The minimum absolute atomic E-state index is 0.0599. The number of nitrogens with zero attached hydrogens (tertiary/aromatic N) is 1. The first kappa shape index (κ1) is 19.5. The van der Waals surface area contributed by atoms with Crippen LogP contribution in [0.3, 0.4) is 0 Å². The monoisotopic (exact) mass is 371 g/mol. The summed E-state index contributed by atoms with van der Waals surface area (Å²) in [6.07, 6.45) is 1.09. The van der Waals surface area contributed by atoms with Crippen molar-refractivity contribution in [1.82, 2.24) is 9.62 Å². The Morgan fingerprint density at radius 1 is 1.24 bits per heavy atom. The van der Waals surface area contributed by atoms with E-state index in [9.17, 15) is 13.2 Å². The highest BCUT2D eigenvalue weighted by molar-refractivity contribution is 7.89. The average Bonchev–Trinajstić information content (AvgIpc) is 2.61. The van der Waals surface area contributed by atoms with Gasteiger partial charge in [-0.05, 0) is 31.9 Å². The molecule has 1 atom stereocenters. The van der Waals surface area contributed by atoms with Gasteiger partial charge in [-0.3, -0.25) is 4.79 Å². The Hall–Kier alpha value is -1.84. The Morgan fingerprint density at radius 3 is 2.36 bits per heavy atom. The molecule has 0 aliphatic carbocycles. The van der Waals surface area contributed by atoms with E-state index in [-0.39, 0.29) is 16.8 Å². The van der Waals surface area contributed by atoms with Crippen LogP contribution in [0, 0.1) is 0 Å². The number of nitrogens with one attached hydrogen (secondary N) is 1. The van der Waals surface area contributed by atoms with E-state index in [0.29, 0.717) is 37.4 Å². The van der Waals surface area contributed by atoms with Crippen LogP contribution in [0.5, 0.6) is 11.5 Å². The topological polar surface area (TPSA) is 111 Å². The zero-order valence-corrected chi connectivity index (χ0v) is 15.5. The quantitative estimate of drug-likeness (QED) is 0.745. The zero-order chi connectivity index (χ0) is 18.6. The number of piperidine rings is 1. The molecule has 1 fully saturated rings. The summed E-state index contributed by atoms with van der Waals surface area (Å²) in [6.45, 7) is 2.28. The number of carbonyl (C=O) groups excluding carboxylic acids is 1. The van der Waals surface area contributed by atoms with Crippen LogP contribution < -0.4 is 20.5 Å². The SMILES string of the molecule is COc1ccc(S(=O)(=O)N2CCC(NC(=O)[C@@H](C)N)CC2)cc1OC. The van der Waals surface area contributed by atoms with Crippen molar-refractivity contribution in [3.8, 4) is 11.5 Å². The fraction of sp³-hybridized carbons (Fsp3) is 0.562. The summed E-state index contributed by atoms with van der Waals surface area (Å²) >= 11 is 0. The number of methoxy groups -OCH3 is 2. The molecule has 8 nitrogen and oxygen atoms in total. The molecule has 1 aliphatic rings. The summed E-state index contributed by atoms with van der Waals surface area (Å²) in [4.78, 5) is 11.8. The van der Waals surface area contributed by atoms with Crippen molar-refractivity contribution in [3.63, 3.8) is 0 Å². The lowest BCUT2D eigenvalue weighted by Crippen LogP contribution is -2.49. The van der Waals surface area contributed by atoms with Crippen molar-refractivity contribution < 1.29 is 22.7 Å². The number of hydrogen-bond acceptors (Lipinski definition) is 6. The molecule has 140 valence electrons. The van der Waals surface area contributed by atoms with Crippen LogP contribution in [0.2, 0.25) is 0 Å². The van der Waals surface area contributed by atoms with Gasteiger partial charge in [-0.25, -0.2) is 8.42 Å². The third-order valence-corrected chi connectivity index (χ3v) is 6.10. The second-order valence-corrected chi connectivity index (χ2v) is 7.93. The second-order valence-electron chi connectivity index (χ2n) is 5.99. The van der Waals surface area contributed by atoms with Crippen LogP contribution in [0.25, 0.3) is 0 Å². The average molecular weight is 371 g/mol. The Bertz CT molecular complexity index is 712. The van der Waals surface area contributed by atoms with Crippen LogP contribution in [0.15, 0.2) is 23.1 Å². The molecule has 0 radical (unpaired) electrons. The first-order valence-electron chi connectivity index (χ1n) is 8.07. The summed E-state index contributed by atoms with van der Waals surface area (Å²) in [5.41, 5.74) is 5.54. The molecular formula is C16H25N3O5S. The highest BCUT2D eigenvalue weighted by atomic mass is 32.2. The molecule has 0 saturated carbocycles. The van der Waals surface area contributed by atoms with Gasteiger partial charge in [0.2, 0.25) is 15.9 Å². The molecule has 1 amide bonds. The van der Waals surface area contributed by atoms with Gasteiger partial charge in [-0.1, -0.05) is 0 Å². The van der Waals surface area contributed by atoms with Gasteiger partial charge in [-0.2, -0.15) is 4.31 Å². The maximum atomic E-state index is 12.8. The second kappa shape index (κ2) is 8.03. The molecule has 1 aromatic rings. The predicted molar refractivity (Wildman–Crippen MR) is 93.1 cm³/mol. The molecule has 1 aromatic carbocycles. The minimum Gasteiger partial charge on any atom is -0.493 e. The first-order chi connectivity index (χ1) is 11.8. The van der Waals surface area contributed by atoms with E-state index in [1.807, 2.05) is 0 Å². The molecule has 1 heterocycles. The van der Waals surface area contributed by atoms with Crippen LogP contribution in [-0.4, -0.2) is 58.0 Å². The summed E-state index contributed by atoms with van der Waals surface area (Å²) in [6, 6.07) is 3.89. The number of benzene rings is 1. The maximum absolute atomic E-state index is 12.8. The molecule has 2 rings (SSSR count). The van der Waals surface area contributed by atoms with Gasteiger partial charge < -0.3 is 20.5 Å². The number of amides is 1. The van der Waals surface area contributed by atoms with E-state index in [4.69, 9.17) is 15.2 Å². The van der Waals surface area contributed by atoms with Gasteiger partial charge in [0.25, 0.3) is 0 Å². The number of nitrogens with two attached hydrogens (primary N) is 1. The van der Waals surface area contributed by atoms with Crippen LogP contribution in [-0.2, 0) is 14.8 Å². The molecule has 0 bridgehead atoms. The van der Waals surface area contributed by atoms with Gasteiger partial charge in [0.1, 0.15) is 0 Å². The highest BCUT2D eigenvalue weighted by Crippen LogP contribution is 2.31. The van der Waals surface area contributed by atoms with E-state index in [2.05, 4.69) is 5.32 Å². The molecule has 25 heavy (non-hydrogen) atoms. The van der Waals surface area contributed by atoms with Crippen LogP contribution in [0.4, 0.5) is 0 Å². The van der Waals surface area contributed by atoms with Crippen LogP contribution >= 0.6 is 0 Å². The molecule has 1 aliphatic heterocycles. The van der Waals surface area contributed by atoms with E-state index in [1.165, 1.54) is 30.7 Å². The van der Waals surface area contributed by atoms with Crippen molar-refractivity contribution in [1.29, 1.82) is 0 Å². The molecule has 1 saturated heterocycles. The van der Waals surface area contributed by atoms with E-state index in [1.54, 1.807) is 13.0 Å².